The summed E-state index contributed by atoms with van der Waals surface area (Å²) >= 11 is 0. The molecule has 0 radical (unpaired) electrons. The van der Waals surface area contributed by atoms with Gasteiger partial charge in [-0.15, -0.1) is 0 Å². The molecule has 1 amide bonds. The molecular formula is C27H39N3O2. The summed E-state index contributed by atoms with van der Waals surface area (Å²) in [5.74, 6) is 3.64. The zero-order valence-corrected chi connectivity index (χ0v) is 19.8. The van der Waals surface area contributed by atoms with Crippen molar-refractivity contribution in [1.82, 2.24) is 9.80 Å². The molecule has 174 valence electrons. The number of piperazine rings is 1. The second-order valence-electron chi connectivity index (χ2n) is 9.67. The molecule has 5 nitrogen and oxygen atoms in total. The average Bonchev–Trinajstić information content (AvgIpc) is 3.28. The van der Waals surface area contributed by atoms with E-state index in [1.807, 2.05) is 6.92 Å². The van der Waals surface area contributed by atoms with Crippen LogP contribution >= 0.6 is 0 Å². The number of benzene rings is 1. The minimum absolute atomic E-state index is 0.350. The van der Waals surface area contributed by atoms with E-state index in [1.54, 1.807) is 0 Å². The Morgan fingerprint density at radius 3 is 2.38 bits per heavy atom. The van der Waals surface area contributed by atoms with Crippen molar-refractivity contribution in [2.45, 2.75) is 51.9 Å². The fraction of sp³-hybridized carbons (Fsp3) is 0.593. The number of hydrogen-bond acceptors (Lipinski definition) is 4. The number of nitrogens with zero attached hydrogens (tertiary/aromatic N) is 3. The van der Waals surface area contributed by atoms with E-state index in [2.05, 4.69) is 64.1 Å². The van der Waals surface area contributed by atoms with E-state index in [9.17, 15) is 4.79 Å². The molecule has 0 aliphatic carbocycles. The number of rotatable bonds is 8. The fourth-order valence-electron chi connectivity index (χ4n) is 5.07. The summed E-state index contributed by atoms with van der Waals surface area (Å²) in [7, 11) is 0. The first-order valence-electron chi connectivity index (χ1n) is 12.4. The van der Waals surface area contributed by atoms with E-state index in [0.717, 1.165) is 57.1 Å². The maximum atomic E-state index is 12.8. The number of aryl methyl sites for hydroxylation is 1. The quantitative estimate of drug-likeness (QED) is 0.588. The maximum absolute atomic E-state index is 12.8. The summed E-state index contributed by atoms with van der Waals surface area (Å²) < 4.78 is 5.78. The van der Waals surface area contributed by atoms with Crippen molar-refractivity contribution in [2.75, 3.05) is 50.7 Å². The molecule has 2 aliphatic rings. The number of para-hydroxylation sites is 1. The van der Waals surface area contributed by atoms with Crippen LogP contribution in [0.15, 0.2) is 46.9 Å². The highest BCUT2D eigenvalue weighted by Crippen LogP contribution is 2.26. The van der Waals surface area contributed by atoms with E-state index >= 15 is 0 Å². The first kappa shape index (κ1) is 22.9. The molecule has 1 aromatic heterocycles. The Labute approximate surface area is 193 Å². The Morgan fingerprint density at radius 2 is 1.72 bits per heavy atom. The zero-order valence-electron chi connectivity index (χ0n) is 19.8. The summed E-state index contributed by atoms with van der Waals surface area (Å²) in [4.78, 5) is 19.8. The second kappa shape index (κ2) is 11.0. The van der Waals surface area contributed by atoms with Crippen molar-refractivity contribution in [3.63, 3.8) is 0 Å². The van der Waals surface area contributed by atoms with Gasteiger partial charge in [0.15, 0.2) is 0 Å². The van der Waals surface area contributed by atoms with Gasteiger partial charge in [0.2, 0.25) is 5.91 Å². The third-order valence-corrected chi connectivity index (χ3v) is 7.35. The first-order chi connectivity index (χ1) is 15.6. The summed E-state index contributed by atoms with van der Waals surface area (Å²) in [5, 5.41) is 0. The molecule has 2 aliphatic heterocycles. The molecule has 1 aromatic carbocycles. The van der Waals surface area contributed by atoms with E-state index in [4.69, 9.17) is 4.42 Å². The normalized spacial score (nSPS) is 19.3. The van der Waals surface area contributed by atoms with Crippen LogP contribution in [0.4, 0.5) is 5.69 Å². The lowest BCUT2D eigenvalue weighted by molar-refractivity contribution is -0.131. The van der Waals surface area contributed by atoms with Gasteiger partial charge in [-0.1, -0.05) is 25.1 Å². The van der Waals surface area contributed by atoms with Gasteiger partial charge in [0.05, 0.1) is 0 Å². The van der Waals surface area contributed by atoms with Crippen molar-refractivity contribution in [2.24, 2.45) is 5.92 Å². The van der Waals surface area contributed by atoms with Crippen molar-refractivity contribution in [1.29, 1.82) is 0 Å². The van der Waals surface area contributed by atoms with Crippen LogP contribution in [0.3, 0.4) is 0 Å². The highest BCUT2D eigenvalue weighted by Gasteiger charge is 2.24. The number of amides is 1. The number of carbonyl (C=O) groups excluding carboxylic acids is 1. The fourth-order valence-corrected chi connectivity index (χ4v) is 5.07. The summed E-state index contributed by atoms with van der Waals surface area (Å²) in [5.41, 5.74) is 1.26. The number of hydrogen-bond donors (Lipinski definition) is 0. The van der Waals surface area contributed by atoms with Gasteiger partial charge in [-0.2, -0.15) is 0 Å². The summed E-state index contributed by atoms with van der Waals surface area (Å²) in [6, 6.07) is 14.7. The van der Waals surface area contributed by atoms with Gasteiger partial charge in [-0.3, -0.25) is 4.79 Å². The Kier molecular flexibility index (Phi) is 7.90. The van der Waals surface area contributed by atoms with Crippen molar-refractivity contribution in [3.05, 3.63) is 54.0 Å². The Balaban J connectivity index is 1.11. The molecule has 0 saturated carbocycles. The van der Waals surface area contributed by atoms with Crippen molar-refractivity contribution < 1.29 is 9.21 Å². The molecule has 0 bridgehead atoms. The molecule has 3 heterocycles. The third kappa shape index (κ3) is 6.16. The van der Waals surface area contributed by atoms with Crippen LogP contribution in [0.25, 0.3) is 0 Å². The second-order valence-corrected chi connectivity index (χ2v) is 9.67. The monoisotopic (exact) mass is 437 g/mol. The number of anilines is 1. The van der Waals surface area contributed by atoms with Gasteiger partial charge in [0.25, 0.3) is 0 Å². The van der Waals surface area contributed by atoms with Crippen LogP contribution < -0.4 is 4.90 Å². The van der Waals surface area contributed by atoms with E-state index in [1.165, 1.54) is 31.6 Å². The number of carbonyl (C=O) groups is 1. The highest BCUT2D eigenvalue weighted by molar-refractivity contribution is 5.76. The molecule has 5 heteroatoms. The molecule has 2 saturated heterocycles. The van der Waals surface area contributed by atoms with Crippen LogP contribution in [0.5, 0.6) is 0 Å². The van der Waals surface area contributed by atoms with Gasteiger partial charge in [0, 0.05) is 44.2 Å². The van der Waals surface area contributed by atoms with E-state index in [-0.39, 0.29) is 0 Å². The lowest BCUT2D eigenvalue weighted by Crippen LogP contribution is -2.48. The van der Waals surface area contributed by atoms with E-state index in [0.29, 0.717) is 24.2 Å². The van der Waals surface area contributed by atoms with Gasteiger partial charge in [-0.25, -0.2) is 0 Å². The highest BCUT2D eigenvalue weighted by atomic mass is 16.3. The SMILES string of the molecule is Cc1ccc([C@@H](C)CCN2CCC(CCC(=O)N3CCN(c4ccccc4)CC3)CC2)o1. The predicted octanol–water partition coefficient (Wildman–Crippen LogP) is 4.92. The summed E-state index contributed by atoms with van der Waals surface area (Å²) in [6.45, 7) is 11.3. The Bertz CT molecular complexity index is 834. The van der Waals surface area contributed by atoms with Gasteiger partial charge in [-0.05, 0) is 82.4 Å². The lowest BCUT2D eigenvalue weighted by Gasteiger charge is -2.36. The van der Waals surface area contributed by atoms with Crippen molar-refractivity contribution >= 4 is 11.6 Å². The molecule has 2 aromatic rings. The van der Waals surface area contributed by atoms with Crippen LogP contribution in [0, 0.1) is 12.8 Å². The van der Waals surface area contributed by atoms with Crippen LogP contribution in [-0.4, -0.2) is 61.5 Å². The van der Waals surface area contributed by atoms with Gasteiger partial charge >= 0.3 is 0 Å². The molecule has 32 heavy (non-hydrogen) atoms. The smallest absolute Gasteiger partial charge is 0.222 e. The number of furan rings is 1. The summed E-state index contributed by atoms with van der Waals surface area (Å²) in [6.07, 6.45) is 5.36. The number of piperidine rings is 1. The average molecular weight is 438 g/mol. The minimum Gasteiger partial charge on any atom is -0.466 e. The predicted molar refractivity (Wildman–Crippen MR) is 130 cm³/mol. The first-order valence-corrected chi connectivity index (χ1v) is 12.4. The molecule has 2 fully saturated rings. The molecule has 0 N–H and O–H groups in total. The van der Waals surface area contributed by atoms with Gasteiger partial charge < -0.3 is 19.1 Å². The zero-order chi connectivity index (χ0) is 22.3. The van der Waals surface area contributed by atoms with Crippen LogP contribution in [0.2, 0.25) is 0 Å². The standard InChI is InChI=1S/C27H39N3O2/c1-22(26-10-8-23(2)32-26)12-15-28-16-13-24(14-17-28)9-11-27(31)30-20-18-29(19-21-30)25-6-4-3-5-7-25/h3-8,10,22,24H,9,11-21H2,1-2H3/t22-/m0/s1. The molecule has 0 unspecified atom stereocenters. The van der Waals surface area contributed by atoms with Gasteiger partial charge in [0.1, 0.15) is 11.5 Å². The van der Waals surface area contributed by atoms with Crippen molar-refractivity contribution in [3.8, 4) is 0 Å². The largest absolute Gasteiger partial charge is 0.466 e. The molecule has 1 atom stereocenters. The number of likely N-dealkylation sites (tertiary alicyclic amines) is 1. The minimum atomic E-state index is 0.350. The molecule has 0 spiro atoms. The molecule has 4 rings (SSSR count). The Hall–Kier alpha value is -2.27. The van der Waals surface area contributed by atoms with Crippen LogP contribution in [-0.2, 0) is 4.79 Å². The third-order valence-electron chi connectivity index (χ3n) is 7.35. The topological polar surface area (TPSA) is 39.9 Å². The van der Waals surface area contributed by atoms with E-state index < -0.39 is 0 Å². The maximum Gasteiger partial charge on any atom is 0.222 e. The molecular weight excluding hydrogens is 398 g/mol. The lowest BCUT2D eigenvalue weighted by atomic mass is 9.91. The Morgan fingerprint density at radius 1 is 1.00 bits per heavy atom. The van der Waals surface area contributed by atoms with Crippen LogP contribution in [0.1, 0.15) is 56.5 Å².